The number of aliphatic hydroxyl groups excluding tert-OH is 1. The standard InChI is InChI=1S/C19H29NO/c21-14-4-6-16-5-3-7-18(15-16)20-17-8-12-19(13-9-17)10-1-2-11-19/h3,5,7,15,17,20-21H,1-2,4,6,8-14H2. The van der Waals surface area contributed by atoms with Crippen LogP contribution in [-0.2, 0) is 6.42 Å². The van der Waals surface area contributed by atoms with Crippen molar-refractivity contribution in [2.45, 2.75) is 70.3 Å². The van der Waals surface area contributed by atoms with Gasteiger partial charge in [0.25, 0.3) is 0 Å². The minimum Gasteiger partial charge on any atom is -0.396 e. The molecular weight excluding hydrogens is 258 g/mol. The van der Waals surface area contributed by atoms with Crippen LogP contribution in [0.1, 0.15) is 63.4 Å². The van der Waals surface area contributed by atoms with Crippen molar-refractivity contribution in [2.24, 2.45) is 5.41 Å². The van der Waals surface area contributed by atoms with E-state index >= 15 is 0 Å². The molecule has 2 heteroatoms. The maximum absolute atomic E-state index is 8.94. The van der Waals surface area contributed by atoms with Gasteiger partial charge >= 0.3 is 0 Å². The Hall–Kier alpha value is -1.02. The summed E-state index contributed by atoms with van der Waals surface area (Å²) in [6, 6.07) is 9.40. The largest absolute Gasteiger partial charge is 0.396 e. The summed E-state index contributed by atoms with van der Waals surface area (Å²) >= 11 is 0. The van der Waals surface area contributed by atoms with Crippen LogP contribution in [0, 0.1) is 5.41 Å². The second kappa shape index (κ2) is 6.83. The predicted molar refractivity (Wildman–Crippen MR) is 88.6 cm³/mol. The van der Waals surface area contributed by atoms with Crippen LogP contribution in [0.15, 0.2) is 24.3 Å². The fraction of sp³-hybridized carbons (Fsp3) is 0.684. The van der Waals surface area contributed by atoms with E-state index in [1.54, 1.807) is 0 Å². The molecule has 1 spiro atoms. The van der Waals surface area contributed by atoms with Crippen LogP contribution < -0.4 is 5.32 Å². The highest BCUT2D eigenvalue weighted by Gasteiger charge is 2.37. The highest BCUT2D eigenvalue weighted by Crippen LogP contribution is 2.49. The Morgan fingerprint density at radius 1 is 1.10 bits per heavy atom. The lowest BCUT2D eigenvalue weighted by Crippen LogP contribution is -2.31. The van der Waals surface area contributed by atoms with E-state index in [2.05, 4.69) is 29.6 Å². The van der Waals surface area contributed by atoms with Gasteiger partial charge in [0.05, 0.1) is 0 Å². The Labute approximate surface area is 129 Å². The average molecular weight is 287 g/mol. The molecule has 2 aliphatic rings. The molecule has 2 N–H and O–H groups in total. The van der Waals surface area contributed by atoms with Gasteiger partial charge in [0.15, 0.2) is 0 Å². The van der Waals surface area contributed by atoms with E-state index in [0.717, 1.165) is 18.3 Å². The zero-order chi connectivity index (χ0) is 14.5. The van der Waals surface area contributed by atoms with Crippen molar-refractivity contribution < 1.29 is 5.11 Å². The summed E-state index contributed by atoms with van der Waals surface area (Å²) in [6.45, 7) is 0.280. The summed E-state index contributed by atoms with van der Waals surface area (Å²) in [5.74, 6) is 0. The molecule has 0 atom stereocenters. The van der Waals surface area contributed by atoms with Crippen molar-refractivity contribution in [3.63, 3.8) is 0 Å². The van der Waals surface area contributed by atoms with Crippen molar-refractivity contribution in [1.29, 1.82) is 0 Å². The second-order valence-electron chi connectivity index (χ2n) is 7.15. The lowest BCUT2D eigenvalue weighted by molar-refractivity contribution is 0.188. The first-order valence-electron chi connectivity index (χ1n) is 8.76. The Bertz CT molecular complexity index is 441. The molecule has 0 radical (unpaired) electrons. The monoisotopic (exact) mass is 287 g/mol. The van der Waals surface area contributed by atoms with Crippen LogP contribution in [0.2, 0.25) is 0 Å². The summed E-state index contributed by atoms with van der Waals surface area (Å²) in [6.07, 6.45) is 13.2. The molecule has 2 saturated carbocycles. The van der Waals surface area contributed by atoms with Gasteiger partial charge < -0.3 is 10.4 Å². The van der Waals surface area contributed by atoms with E-state index in [1.807, 2.05) is 0 Å². The molecule has 0 unspecified atom stereocenters. The smallest absolute Gasteiger partial charge is 0.0434 e. The molecule has 0 amide bonds. The molecule has 0 saturated heterocycles. The normalized spacial score (nSPS) is 21.8. The highest BCUT2D eigenvalue weighted by molar-refractivity contribution is 5.46. The molecule has 0 bridgehead atoms. The van der Waals surface area contributed by atoms with Crippen LogP contribution in [0.4, 0.5) is 5.69 Å². The number of aryl methyl sites for hydroxylation is 1. The topological polar surface area (TPSA) is 32.3 Å². The quantitative estimate of drug-likeness (QED) is 0.834. The molecule has 0 aliphatic heterocycles. The van der Waals surface area contributed by atoms with E-state index < -0.39 is 0 Å². The maximum Gasteiger partial charge on any atom is 0.0434 e. The number of nitrogens with one attached hydrogen (secondary N) is 1. The van der Waals surface area contributed by atoms with Gasteiger partial charge in [-0.25, -0.2) is 0 Å². The molecule has 2 fully saturated rings. The number of aliphatic hydroxyl groups is 1. The number of hydrogen-bond acceptors (Lipinski definition) is 2. The predicted octanol–water partition coefficient (Wildman–Crippen LogP) is 4.53. The third kappa shape index (κ3) is 3.79. The summed E-state index contributed by atoms with van der Waals surface area (Å²) in [5.41, 5.74) is 3.32. The summed E-state index contributed by atoms with van der Waals surface area (Å²) in [5, 5.41) is 12.7. The molecule has 0 heterocycles. The first kappa shape index (κ1) is 14.9. The average Bonchev–Trinajstić information content (AvgIpc) is 2.97. The molecule has 2 nitrogen and oxygen atoms in total. The third-order valence-electron chi connectivity index (χ3n) is 5.63. The number of benzene rings is 1. The van der Waals surface area contributed by atoms with Gasteiger partial charge in [0, 0.05) is 18.3 Å². The van der Waals surface area contributed by atoms with Gasteiger partial charge in [-0.2, -0.15) is 0 Å². The lowest BCUT2D eigenvalue weighted by atomic mass is 9.71. The molecule has 1 aromatic carbocycles. The van der Waals surface area contributed by atoms with Crippen molar-refractivity contribution in [1.82, 2.24) is 0 Å². The van der Waals surface area contributed by atoms with Crippen molar-refractivity contribution >= 4 is 5.69 Å². The van der Waals surface area contributed by atoms with Crippen LogP contribution in [-0.4, -0.2) is 17.8 Å². The Balaban J connectivity index is 1.53. The van der Waals surface area contributed by atoms with Gasteiger partial charge in [-0.05, 0) is 74.5 Å². The van der Waals surface area contributed by atoms with Gasteiger partial charge in [-0.1, -0.05) is 25.0 Å². The summed E-state index contributed by atoms with van der Waals surface area (Å²) < 4.78 is 0. The maximum atomic E-state index is 8.94. The molecule has 3 rings (SSSR count). The van der Waals surface area contributed by atoms with E-state index in [4.69, 9.17) is 5.11 Å². The fourth-order valence-electron chi connectivity index (χ4n) is 4.34. The van der Waals surface area contributed by atoms with E-state index in [1.165, 1.54) is 62.6 Å². The zero-order valence-corrected chi connectivity index (χ0v) is 13.1. The van der Waals surface area contributed by atoms with Crippen LogP contribution in [0.5, 0.6) is 0 Å². The Kier molecular flexibility index (Phi) is 4.84. The minimum atomic E-state index is 0.280. The highest BCUT2D eigenvalue weighted by atomic mass is 16.2. The van der Waals surface area contributed by atoms with Crippen molar-refractivity contribution in [3.05, 3.63) is 29.8 Å². The fourth-order valence-corrected chi connectivity index (χ4v) is 4.34. The molecule has 21 heavy (non-hydrogen) atoms. The van der Waals surface area contributed by atoms with Crippen LogP contribution in [0.3, 0.4) is 0 Å². The van der Waals surface area contributed by atoms with Crippen LogP contribution >= 0.6 is 0 Å². The van der Waals surface area contributed by atoms with Gasteiger partial charge in [0.1, 0.15) is 0 Å². The first-order chi connectivity index (χ1) is 10.3. The number of anilines is 1. The SMILES string of the molecule is OCCCc1cccc(NC2CCC3(CCCC3)CC2)c1. The molecule has 2 aliphatic carbocycles. The van der Waals surface area contributed by atoms with Crippen LogP contribution in [0.25, 0.3) is 0 Å². The number of rotatable bonds is 5. The first-order valence-corrected chi connectivity index (χ1v) is 8.76. The molecule has 116 valence electrons. The summed E-state index contributed by atoms with van der Waals surface area (Å²) in [7, 11) is 0. The minimum absolute atomic E-state index is 0.280. The van der Waals surface area contributed by atoms with Gasteiger partial charge in [-0.3, -0.25) is 0 Å². The van der Waals surface area contributed by atoms with E-state index in [0.29, 0.717) is 6.04 Å². The van der Waals surface area contributed by atoms with E-state index in [-0.39, 0.29) is 6.61 Å². The molecule has 0 aromatic heterocycles. The van der Waals surface area contributed by atoms with Gasteiger partial charge in [0.2, 0.25) is 0 Å². The van der Waals surface area contributed by atoms with Gasteiger partial charge in [-0.15, -0.1) is 0 Å². The lowest BCUT2D eigenvalue weighted by Gasteiger charge is -2.38. The van der Waals surface area contributed by atoms with Crippen molar-refractivity contribution in [3.8, 4) is 0 Å². The zero-order valence-electron chi connectivity index (χ0n) is 13.1. The second-order valence-corrected chi connectivity index (χ2v) is 7.15. The summed E-state index contributed by atoms with van der Waals surface area (Å²) in [4.78, 5) is 0. The number of hydrogen-bond donors (Lipinski definition) is 2. The Morgan fingerprint density at radius 3 is 2.57 bits per heavy atom. The molecular formula is C19H29NO. The third-order valence-corrected chi connectivity index (χ3v) is 5.63. The Morgan fingerprint density at radius 2 is 1.86 bits per heavy atom. The molecule has 1 aromatic rings. The van der Waals surface area contributed by atoms with Crippen molar-refractivity contribution in [2.75, 3.05) is 11.9 Å². The van der Waals surface area contributed by atoms with E-state index in [9.17, 15) is 0 Å².